The fourth-order valence-corrected chi connectivity index (χ4v) is 0. The molecule has 4 heavy (non-hydrogen) atoms. The first-order chi connectivity index (χ1) is 0. The molecular formula is H3CaMgPSi. The van der Waals surface area contributed by atoms with Crippen molar-refractivity contribution in [2.75, 3.05) is 0 Å². The summed E-state index contributed by atoms with van der Waals surface area (Å²) in [6, 6.07) is 0. The van der Waals surface area contributed by atoms with Gasteiger partial charge in [-0.25, -0.2) is 0 Å². The van der Waals surface area contributed by atoms with Crippen LogP contribution in [0.15, 0.2) is 0 Å². The van der Waals surface area contributed by atoms with Gasteiger partial charge in [-0.2, -0.15) is 9.90 Å². The second-order valence-corrected chi connectivity index (χ2v) is 0. The van der Waals surface area contributed by atoms with Crippen molar-refractivity contribution in [2.45, 2.75) is 0 Å². The summed E-state index contributed by atoms with van der Waals surface area (Å²) in [5.74, 6) is 0. The van der Waals surface area contributed by atoms with Crippen LogP contribution in [0.3, 0.4) is 0 Å². The van der Waals surface area contributed by atoms with Crippen LogP contribution in [0.1, 0.15) is 0 Å². The van der Waals surface area contributed by atoms with Crippen LogP contribution in [0.4, 0.5) is 0 Å². The smallest absolute Gasteiger partial charge is 0 e. The van der Waals surface area contributed by atoms with E-state index >= 15 is 0 Å². The first-order valence-corrected chi connectivity index (χ1v) is 0. The van der Waals surface area contributed by atoms with E-state index in [1.807, 2.05) is 0 Å². The summed E-state index contributed by atoms with van der Waals surface area (Å²) in [6.07, 6.45) is 0. The van der Waals surface area contributed by atoms with Crippen LogP contribution in [0.5, 0.6) is 0 Å². The molecule has 1 atom stereocenters. The molecule has 1 unspecified atom stereocenters. The average Bonchev–Trinajstić information content (AvgIpc) is 0. The van der Waals surface area contributed by atoms with Gasteiger partial charge < -0.3 is 0 Å². The van der Waals surface area contributed by atoms with Crippen LogP contribution in [0.2, 0.25) is 0 Å². The summed E-state index contributed by atoms with van der Waals surface area (Å²) in [5, 5.41) is 0. The zero-order valence-corrected chi connectivity index (χ0v) is 8.66. The Morgan fingerprint density at radius 2 is 1.00 bits per heavy atom. The first-order valence-electron chi connectivity index (χ1n) is 0. The van der Waals surface area contributed by atoms with E-state index in [-0.39, 0.29) is 81.7 Å². The topological polar surface area (TPSA) is 0 Å². The Morgan fingerprint density at radius 1 is 1.00 bits per heavy atom. The van der Waals surface area contributed by atoms with Crippen molar-refractivity contribution in [3.8, 4) is 0 Å². The number of rotatable bonds is 0. The van der Waals surface area contributed by atoms with E-state index in [4.69, 9.17) is 0 Å². The van der Waals surface area contributed by atoms with Crippen molar-refractivity contribution >= 4 is 81.7 Å². The molecule has 0 nitrogen and oxygen atoms in total. The van der Waals surface area contributed by atoms with Crippen molar-refractivity contribution in [3.63, 3.8) is 0 Å². The van der Waals surface area contributed by atoms with E-state index in [0.717, 1.165) is 0 Å². The Balaban J connectivity index is 0. The molecule has 0 saturated carbocycles. The van der Waals surface area contributed by atoms with Crippen LogP contribution in [0, 0.1) is 0 Å². The fraction of sp³-hybridized carbons (Fsp3) is 0. The van der Waals surface area contributed by atoms with Gasteiger partial charge in [0.05, 0.1) is 0 Å². The van der Waals surface area contributed by atoms with Crippen molar-refractivity contribution in [1.29, 1.82) is 0 Å². The van der Waals surface area contributed by atoms with Crippen LogP contribution in [0.25, 0.3) is 0 Å². The van der Waals surface area contributed by atoms with Crippen molar-refractivity contribution in [1.82, 2.24) is 0 Å². The molecule has 0 aromatic heterocycles. The zero-order chi connectivity index (χ0) is 0. The van der Waals surface area contributed by atoms with Gasteiger partial charge in [0.1, 0.15) is 0 Å². The molecular weight excluding hydrogens is 123 g/mol. The maximum atomic E-state index is 0. The van der Waals surface area contributed by atoms with Gasteiger partial charge in [-0.1, -0.05) is 0 Å². The van der Waals surface area contributed by atoms with E-state index in [1.54, 1.807) is 0 Å². The van der Waals surface area contributed by atoms with Gasteiger partial charge in [-0.3, -0.25) is 0 Å². The summed E-state index contributed by atoms with van der Waals surface area (Å²) in [6.45, 7) is 0. The van der Waals surface area contributed by atoms with E-state index in [1.165, 1.54) is 0 Å². The molecule has 0 N–H and O–H groups in total. The summed E-state index contributed by atoms with van der Waals surface area (Å²) >= 11 is 0. The Hall–Kier alpha value is 2.67. The van der Waals surface area contributed by atoms with E-state index in [0.29, 0.717) is 0 Å². The predicted octanol–water partition coefficient (Wildman–Crippen LogP) is -1.08. The van der Waals surface area contributed by atoms with Gasteiger partial charge in [0.2, 0.25) is 0 Å². The van der Waals surface area contributed by atoms with Gasteiger partial charge in [0, 0.05) is 71.8 Å². The summed E-state index contributed by atoms with van der Waals surface area (Å²) < 4.78 is 0. The SMILES string of the molecule is P.[Ca].[Mg].[Si]. The second kappa shape index (κ2) is 17.3. The molecule has 0 spiro atoms. The standard InChI is InChI=1S/Ca.Mg.H3P.Si/h;;1H3;. The van der Waals surface area contributed by atoms with Crippen molar-refractivity contribution in [3.05, 3.63) is 0 Å². The Bertz CT molecular complexity index is 8.00. The van der Waals surface area contributed by atoms with Crippen LogP contribution < -0.4 is 0 Å². The molecule has 0 heterocycles. The molecule has 0 rings (SSSR count). The van der Waals surface area contributed by atoms with Crippen LogP contribution >= 0.6 is 9.90 Å². The summed E-state index contributed by atoms with van der Waals surface area (Å²) in [5.41, 5.74) is 0. The molecule has 0 aromatic carbocycles. The predicted molar refractivity (Wildman–Crippen MR) is 28.4 cm³/mol. The molecule has 0 aliphatic rings. The number of hydrogen-bond acceptors (Lipinski definition) is 0. The molecule has 4 heteroatoms. The molecule has 0 fully saturated rings. The minimum Gasteiger partial charge on any atom is -0.153 e. The third-order valence-corrected chi connectivity index (χ3v) is 0. The van der Waals surface area contributed by atoms with E-state index in [2.05, 4.69) is 0 Å². The maximum Gasteiger partial charge on any atom is 0 e. The molecule has 0 aliphatic heterocycles. The van der Waals surface area contributed by atoms with Gasteiger partial charge in [-0.05, 0) is 0 Å². The second-order valence-electron chi connectivity index (χ2n) is 0. The molecule has 0 saturated heterocycles. The third kappa shape index (κ3) is 8.82. The first kappa shape index (κ1) is 30.1. The normalized spacial score (nSPS) is 0. The van der Waals surface area contributed by atoms with Crippen LogP contribution in [-0.4, -0.2) is 71.8 Å². The zero-order valence-electron chi connectivity index (χ0n) is 2.62. The van der Waals surface area contributed by atoms with Crippen molar-refractivity contribution < 1.29 is 0 Å². The van der Waals surface area contributed by atoms with Gasteiger partial charge >= 0.3 is 0 Å². The van der Waals surface area contributed by atoms with Gasteiger partial charge in [-0.15, -0.1) is 0 Å². The van der Waals surface area contributed by atoms with E-state index in [9.17, 15) is 0 Å². The maximum absolute atomic E-state index is 0. The van der Waals surface area contributed by atoms with Crippen LogP contribution in [-0.2, 0) is 0 Å². The van der Waals surface area contributed by atoms with Crippen molar-refractivity contribution in [2.24, 2.45) is 0 Å². The minimum absolute atomic E-state index is 0. The average molecular weight is 126 g/mol. The molecule has 0 aromatic rings. The molecule has 16 valence electrons. The fourth-order valence-electron chi connectivity index (χ4n) is 0. The van der Waals surface area contributed by atoms with Gasteiger partial charge in [0.25, 0.3) is 0 Å². The van der Waals surface area contributed by atoms with E-state index < -0.39 is 0 Å². The Kier molecular flexibility index (Phi) is 130. The molecule has 0 amide bonds. The molecule has 0 bridgehead atoms. The number of hydrogen-bond donors (Lipinski definition) is 0. The monoisotopic (exact) mass is 126 g/mol. The molecule has 8 radical (unpaired) electrons. The quantitative estimate of drug-likeness (QED) is 0.286. The third-order valence-electron chi connectivity index (χ3n) is 0. The Morgan fingerprint density at radius 3 is 1.00 bits per heavy atom. The Labute approximate surface area is 80.3 Å². The largest absolute Gasteiger partial charge is 0.153 e. The molecule has 0 aliphatic carbocycles. The summed E-state index contributed by atoms with van der Waals surface area (Å²) in [7, 11) is 0. The minimum atomic E-state index is 0. The summed E-state index contributed by atoms with van der Waals surface area (Å²) in [4.78, 5) is 0. The van der Waals surface area contributed by atoms with Gasteiger partial charge in [0.15, 0.2) is 0 Å².